The highest BCUT2D eigenvalue weighted by Crippen LogP contribution is 2.52. The average molecular weight is 947 g/mol. The first-order valence-electron chi connectivity index (χ1n) is 25.6. The van der Waals surface area contributed by atoms with Crippen molar-refractivity contribution in [3.8, 4) is 62.1 Å². The molecule has 15 rings (SSSR count). The van der Waals surface area contributed by atoms with Crippen molar-refractivity contribution >= 4 is 65.3 Å². The predicted molar refractivity (Wildman–Crippen MR) is 305 cm³/mol. The van der Waals surface area contributed by atoms with Crippen LogP contribution in [0.5, 0.6) is 0 Å². The van der Waals surface area contributed by atoms with Crippen LogP contribution >= 0.6 is 0 Å². The molecule has 5 nitrogen and oxygen atoms in total. The van der Waals surface area contributed by atoms with Crippen LogP contribution < -0.4 is 0 Å². The van der Waals surface area contributed by atoms with Gasteiger partial charge in [-0.2, -0.15) is 0 Å². The zero-order valence-corrected chi connectivity index (χ0v) is 40.6. The van der Waals surface area contributed by atoms with E-state index < -0.39 is 0 Å². The summed E-state index contributed by atoms with van der Waals surface area (Å²) in [5.74, 6) is 2.33. The lowest BCUT2D eigenvalue weighted by Gasteiger charge is -2.35. The summed E-state index contributed by atoms with van der Waals surface area (Å²) >= 11 is 0. The molecule has 0 saturated carbocycles. The summed E-state index contributed by atoms with van der Waals surface area (Å²) in [7, 11) is 0. The molecule has 2 atom stereocenters. The van der Waals surface area contributed by atoms with Crippen molar-refractivity contribution < 1.29 is 4.42 Å². The third-order valence-electron chi connectivity index (χ3n) is 15.7. The van der Waals surface area contributed by atoms with Crippen molar-refractivity contribution in [1.29, 1.82) is 0 Å². The van der Waals surface area contributed by atoms with Crippen LogP contribution in [0.25, 0.3) is 127 Å². The highest BCUT2D eigenvalue weighted by Gasteiger charge is 2.34. The van der Waals surface area contributed by atoms with Gasteiger partial charge in [0, 0.05) is 32.8 Å². The number of rotatable bonds is 7. The third kappa shape index (κ3) is 6.74. The van der Waals surface area contributed by atoms with E-state index in [1.54, 1.807) is 0 Å². The molecular weight excluding hydrogens is 901 g/mol. The molecule has 2 unspecified atom stereocenters. The van der Waals surface area contributed by atoms with Gasteiger partial charge in [0.15, 0.2) is 17.5 Å². The number of benzene rings is 11. The molecule has 0 aliphatic heterocycles. The number of hydrogen-bond acceptors (Lipinski definition) is 4. The summed E-state index contributed by atoms with van der Waals surface area (Å²) in [5, 5.41) is 9.08. The predicted octanol–water partition coefficient (Wildman–Crippen LogP) is 18.0. The highest BCUT2D eigenvalue weighted by molar-refractivity contribution is 6.20. The minimum atomic E-state index is 0.234. The van der Waals surface area contributed by atoms with Crippen LogP contribution in [-0.2, 0) is 6.42 Å². The second kappa shape index (κ2) is 16.8. The Balaban J connectivity index is 1.03. The Morgan fingerprint density at radius 1 is 0.405 bits per heavy atom. The standard InChI is InChI=1S/C69H46N4O/c1-42-51-28-16-29-55(64(51)53-26-13-12-25-52(53)57(42)37-43-17-4-2-5-18-43)68-70-67(46-33-31-45(32-34-46)44-19-6-3-7-20-44)71-69(72-68)56-35-36-63-65(54-27-14-15-30-62(54)74-63)66(56)73-60-40-49-23-10-8-21-47(49)38-58(60)59-39-48-22-9-11-24-50(48)41-61(59)73/h2-36,38-42,57H,37H2,1H3. The second-order valence-corrected chi connectivity index (χ2v) is 19.9. The Hall–Kier alpha value is -9.45. The molecule has 0 fully saturated rings. The average Bonchev–Trinajstić information content (AvgIpc) is 4.05. The normalized spacial score (nSPS) is 14.3. The largest absolute Gasteiger partial charge is 0.456 e. The molecule has 0 amide bonds. The maximum Gasteiger partial charge on any atom is 0.166 e. The summed E-state index contributed by atoms with van der Waals surface area (Å²) in [6.45, 7) is 2.39. The fourth-order valence-electron chi connectivity index (χ4n) is 12.2. The molecular formula is C69H46N4O. The second-order valence-electron chi connectivity index (χ2n) is 19.9. The zero-order chi connectivity index (χ0) is 48.9. The Morgan fingerprint density at radius 3 is 1.66 bits per heavy atom. The molecule has 0 spiro atoms. The van der Waals surface area contributed by atoms with Crippen molar-refractivity contribution in [3.63, 3.8) is 0 Å². The van der Waals surface area contributed by atoms with Gasteiger partial charge in [-0.25, -0.2) is 15.0 Å². The van der Waals surface area contributed by atoms with Gasteiger partial charge < -0.3 is 8.98 Å². The first-order chi connectivity index (χ1) is 36.6. The van der Waals surface area contributed by atoms with Crippen LogP contribution in [0.1, 0.15) is 35.4 Å². The number of para-hydroxylation sites is 1. The Labute approximate surface area is 427 Å². The number of fused-ring (bicyclic) bond motifs is 11. The summed E-state index contributed by atoms with van der Waals surface area (Å²) in [6, 6.07) is 85.1. The Morgan fingerprint density at radius 2 is 0.946 bits per heavy atom. The summed E-state index contributed by atoms with van der Waals surface area (Å²) in [4.78, 5) is 16.8. The van der Waals surface area contributed by atoms with Crippen LogP contribution in [0.2, 0.25) is 0 Å². The molecule has 348 valence electrons. The maximum atomic E-state index is 6.77. The SMILES string of the molecule is CC1c2cccc(-c3nc(-c4ccc(-c5ccccc5)cc4)nc(-c4ccc5oc6ccccc6c5c4-n4c5cc6ccccc6cc5c5cc6ccccc6cc54)n3)c2-c2ccccc2C1Cc1ccccc1. The van der Waals surface area contributed by atoms with Gasteiger partial charge in [-0.15, -0.1) is 0 Å². The number of aromatic nitrogens is 4. The smallest absolute Gasteiger partial charge is 0.166 e. The van der Waals surface area contributed by atoms with Crippen molar-refractivity contribution in [2.75, 3.05) is 0 Å². The first-order valence-corrected chi connectivity index (χ1v) is 25.6. The van der Waals surface area contributed by atoms with Crippen LogP contribution in [0, 0.1) is 0 Å². The van der Waals surface area contributed by atoms with Gasteiger partial charge in [0.05, 0.1) is 22.1 Å². The highest BCUT2D eigenvalue weighted by atomic mass is 16.3. The fraction of sp³-hybridized carbons (Fsp3) is 0.0580. The molecule has 0 bridgehead atoms. The molecule has 14 aromatic rings. The minimum absolute atomic E-state index is 0.234. The van der Waals surface area contributed by atoms with E-state index in [0.717, 1.165) is 83.7 Å². The zero-order valence-electron chi connectivity index (χ0n) is 40.6. The van der Waals surface area contributed by atoms with Crippen LogP contribution in [0.4, 0.5) is 0 Å². The van der Waals surface area contributed by atoms with Gasteiger partial charge in [-0.1, -0.05) is 201 Å². The number of hydrogen-bond donors (Lipinski definition) is 0. The maximum absolute atomic E-state index is 6.77. The van der Waals surface area contributed by atoms with Gasteiger partial charge in [0.2, 0.25) is 0 Å². The number of nitrogens with zero attached hydrogens (tertiary/aromatic N) is 4. The quantitative estimate of drug-likeness (QED) is 0.160. The molecule has 5 heteroatoms. The van der Waals surface area contributed by atoms with E-state index in [4.69, 9.17) is 19.4 Å². The molecule has 0 saturated heterocycles. The van der Waals surface area contributed by atoms with Gasteiger partial charge in [-0.3, -0.25) is 0 Å². The van der Waals surface area contributed by atoms with Crippen molar-refractivity contribution in [2.45, 2.75) is 25.2 Å². The molecule has 11 aromatic carbocycles. The van der Waals surface area contributed by atoms with E-state index in [-0.39, 0.29) is 5.92 Å². The fourth-order valence-corrected chi connectivity index (χ4v) is 12.2. The van der Waals surface area contributed by atoms with Gasteiger partial charge in [0.25, 0.3) is 0 Å². The Bertz CT molecular complexity index is 4440. The third-order valence-corrected chi connectivity index (χ3v) is 15.7. The van der Waals surface area contributed by atoms with Crippen molar-refractivity contribution in [1.82, 2.24) is 19.5 Å². The lowest BCUT2D eigenvalue weighted by atomic mass is 9.69. The van der Waals surface area contributed by atoms with Crippen molar-refractivity contribution in [3.05, 3.63) is 253 Å². The monoisotopic (exact) mass is 946 g/mol. The lowest BCUT2D eigenvalue weighted by molar-refractivity contribution is 0.566. The molecule has 74 heavy (non-hydrogen) atoms. The molecule has 0 N–H and O–H groups in total. The molecule has 1 aliphatic carbocycles. The van der Waals surface area contributed by atoms with E-state index in [1.165, 1.54) is 49.4 Å². The van der Waals surface area contributed by atoms with Gasteiger partial charge in [0.1, 0.15) is 11.2 Å². The van der Waals surface area contributed by atoms with Crippen molar-refractivity contribution in [2.24, 2.45) is 0 Å². The topological polar surface area (TPSA) is 56.7 Å². The van der Waals surface area contributed by atoms with Gasteiger partial charge >= 0.3 is 0 Å². The lowest BCUT2D eigenvalue weighted by Crippen LogP contribution is -2.18. The molecule has 3 heterocycles. The molecule has 1 aliphatic rings. The van der Waals surface area contributed by atoms with E-state index >= 15 is 0 Å². The van der Waals surface area contributed by atoms with E-state index in [0.29, 0.717) is 23.4 Å². The summed E-state index contributed by atoms with van der Waals surface area (Å²) in [6.07, 6.45) is 0.948. The van der Waals surface area contributed by atoms with Crippen LogP contribution in [0.15, 0.2) is 241 Å². The van der Waals surface area contributed by atoms with E-state index in [9.17, 15) is 0 Å². The summed E-state index contributed by atoms with van der Waals surface area (Å²) < 4.78 is 9.22. The minimum Gasteiger partial charge on any atom is -0.456 e. The Kier molecular flexibility index (Phi) is 9.61. The van der Waals surface area contributed by atoms with Crippen LogP contribution in [-0.4, -0.2) is 19.5 Å². The van der Waals surface area contributed by atoms with Gasteiger partial charge in [-0.05, 0) is 121 Å². The number of furan rings is 1. The van der Waals surface area contributed by atoms with E-state index in [2.05, 4.69) is 242 Å². The summed E-state index contributed by atoms with van der Waals surface area (Å²) in [5.41, 5.74) is 16.2. The van der Waals surface area contributed by atoms with E-state index in [1.807, 2.05) is 6.07 Å². The van der Waals surface area contributed by atoms with Crippen LogP contribution in [0.3, 0.4) is 0 Å². The molecule has 0 radical (unpaired) electrons. The first kappa shape index (κ1) is 42.3. The molecule has 3 aromatic heterocycles.